The second kappa shape index (κ2) is 5.41. The number of ether oxygens (including phenoxy) is 1. The van der Waals surface area contributed by atoms with Gasteiger partial charge in [0.1, 0.15) is 12.3 Å². The van der Waals surface area contributed by atoms with Crippen LogP contribution in [0.1, 0.15) is 22.9 Å². The van der Waals surface area contributed by atoms with Gasteiger partial charge in [-0.25, -0.2) is 9.78 Å². The van der Waals surface area contributed by atoms with Gasteiger partial charge in [0, 0.05) is 24.2 Å². The monoisotopic (exact) mass is 265 g/mol. The van der Waals surface area contributed by atoms with E-state index in [2.05, 4.69) is 27.1 Å². The van der Waals surface area contributed by atoms with E-state index in [1.807, 2.05) is 24.3 Å². The van der Waals surface area contributed by atoms with Crippen molar-refractivity contribution in [3.63, 3.8) is 0 Å². The predicted octanol–water partition coefficient (Wildman–Crippen LogP) is 1.66. The fourth-order valence-electron chi connectivity index (χ4n) is 1.87. The van der Waals surface area contributed by atoms with Crippen LogP contribution < -0.4 is 5.32 Å². The van der Waals surface area contributed by atoms with Crippen molar-refractivity contribution in [3.8, 4) is 11.8 Å². The van der Waals surface area contributed by atoms with Crippen LogP contribution in [-0.4, -0.2) is 22.7 Å². The number of alkyl carbamates (subject to hydrolysis) is 1. The van der Waals surface area contributed by atoms with Gasteiger partial charge in [0.25, 0.3) is 0 Å². The van der Waals surface area contributed by atoms with Gasteiger partial charge in [0.05, 0.1) is 6.04 Å². The van der Waals surface area contributed by atoms with Crippen LogP contribution in [0.15, 0.2) is 42.9 Å². The first-order valence-electron chi connectivity index (χ1n) is 6.12. The average Bonchev–Trinajstić information content (AvgIpc) is 2.93. The Morgan fingerprint density at radius 2 is 2.25 bits per heavy atom. The Hall–Kier alpha value is -2.87. The van der Waals surface area contributed by atoms with E-state index in [1.165, 1.54) is 0 Å². The fraction of sp³-hybridized carbons (Fsp3) is 0.133. The molecule has 0 aliphatic carbocycles. The molecular weight excluding hydrogens is 254 g/mol. The Kier molecular flexibility index (Phi) is 3.29. The van der Waals surface area contributed by atoms with Gasteiger partial charge in [-0.3, -0.25) is 4.98 Å². The van der Waals surface area contributed by atoms with Gasteiger partial charge >= 0.3 is 6.09 Å². The van der Waals surface area contributed by atoms with Crippen LogP contribution in [-0.2, 0) is 4.74 Å². The molecule has 0 aromatic carbocycles. The Balaban J connectivity index is 1.82. The zero-order valence-corrected chi connectivity index (χ0v) is 10.5. The maximum Gasteiger partial charge on any atom is 0.407 e. The summed E-state index contributed by atoms with van der Waals surface area (Å²) in [5, 5.41) is 2.72. The van der Waals surface area contributed by atoms with Gasteiger partial charge in [0.2, 0.25) is 0 Å². The number of pyridine rings is 2. The number of rotatable bonds is 1. The summed E-state index contributed by atoms with van der Waals surface area (Å²) >= 11 is 0. The van der Waals surface area contributed by atoms with E-state index in [4.69, 9.17) is 4.74 Å². The lowest BCUT2D eigenvalue weighted by Gasteiger charge is -2.06. The third-order valence-electron chi connectivity index (χ3n) is 2.86. The standard InChI is InChI=1S/C15H11N3O2/c19-15-18-14(10-20-15)12-5-7-17-13(8-12)4-3-11-2-1-6-16-9-11/h1-2,5-9,14H,10H2,(H,18,19)/t14-/m0/s1. The van der Waals surface area contributed by atoms with Crippen molar-refractivity contribution in [2.75, 3.05) is 6.61 Å². The third-order valence-corrected chi connectivity index (χ3v) is 2.86. The normalized spacial score (nSPS) is 16.8. The summed E-state index contributed by atoms with van der Waals surface area (Å²) in [4.78, 5) is 19.2. The van der Waals surface area contributed by atoms with Crippen molar-refractivity contribution in [3.05, 3.63) is 59.7 Å². The molecule has 2 aromatic heterocycles. The van der Waals surface area contributed by atoms with E-state index in [1.54, 1.807) is 18.6 Å². The molecule has 1 aliphatic rings. The molecule has 2 aromatic rings. The smallest absolute Gasteiger partial charge is 0.407 e. The predicted molar refractivity (Wildman–Crippen MR) is 71.7 cm³/mol. The Morgan fingerprint density at radius 3 is 3.00 bits per heavy atom. The number of cyclic esters (lactones) is 1. The maximum atomic E-state index is 11.0. The first-order valence-corrected chi connectivity index (χ1v) is 6.12. The van der Waals surface area contributed by atoms with Crippen LogP contribution in [0.25, 0.3) is 0 Å². The number of hydrogen-bond donors (Lipinski definition) is 1. The highest BCUT2D eigenvalue weighted by molar-refractivity contribution is 5.70. The molecule has 1 N–H and O–H groups in total. The van der Waals surface area contributed by atoms with Crippen molar-refractivity contribution >= 4 is 6.09 Å². The Bertz CT molecular complexity index is 689. The molecule has 3 rings (SSSR count). The number of amides is 1. The second-order valence-electron chi connectivity index (χ2n) is 4.26. The number of nitrogens with one attached hydrogen (secondary N) is 1. The quantitative estimate of drug-likeness (QED) is 0.796. The molecule has 0 unspecified atom stereocenters. The van der Waals surface area contributed by atoms with E-state index in [0.29, 0.717) is 12.3 Å². The van der Waals surface area contributed by atoms with Crippen molar-refractivity contribution in [2.45, 2.75) is 6.04 Å². The van der Waals surface area contributed by atoms with Crippen molar-refractivity contribution in [1.29, 1.82) is 0 Å². The number of nitrogens with zero attached hydrogens (tertiary/aromatic N) is 2. The van der Waals surface area contributed by atoms with E-state index in [-0.39, 0.29) is 6.04 Å². The maximum absolute atomic E-state index is 11.0. The van der Waals surface area contributed by atoms with E-state index in [9.17, 15) is 4.79 Å². The van der Waals surface area contributed by atoms with Gasteiger partial charge in [-0.2, -0.15) is 0 Å². The highest BCUT2D eigenvalue weighted by atomic mass is 16.6. The average molecular weight is 265 g/mol. The highest BCUT2D eigenvalue weighted by Gasteiger charge is 2.23. The summed E-state index contributed by atoms with van der Waals surface area (Å²) < 4.78 is 4.87. The zero-order chi connectivity index (χ0) is 13.8. The minimum absolute atomic E-state index is 0.135. The van der Waals surface area contributed by atoms with Gasteiger partial charge < -0.3 is 10.1 Å². The molecule has 1 fully saturated rings. The fourth-order valence-corrected chi connectivity index (χ4v) is 1.87. The SMILES string of the molecule is O=C1N[C@H](c2ccnc(C#Cc3cccnc3)c2)CO1. The summed E-state index contributed by atoms with van der Waals surface area (Å²) in [7, 11) is 0. The van der Waals surface area contributed by atoms with Gasteiger partial charge in [-0.1, -0.05) is 5.92 Å². The first kappa shape index (κ1) is 12.2. The van der Waals surface area contributed by atoms with Crippen molar-refractivity contribution in [1.82, 2.24) is 15.3 Å². The molecular formula is C15H11N3O2. The molecule has 1 amide bonds. The molecule has 5 heteroatoms. The van der Waals surface area contributed by atoms with Crippen molar-refractivity contribution in [2.24, 2.45) is 0 Å². The summed E-state index contributed by atoms with van der Waals surface area (Å²) in [5.74, 6) is 5.98. The van der Waals surface area contributed by atoms with E-state index >= 15 is 0 Å². The first-order chi connectivity index (χ1) is 9.81. The largest absolute Gasteiger partial charge is 0.447 e. The molecule has 0 spiro atoms. The van der Waals surface area contributed by atoms with Crippen LogP contribution in [0.2, 0.25) is 0 Å². The number of carbonyl (C=O) groups excluding carboxylic acids is 1. The molecule has 0 saturated carbocycles. The minimum atomic E-state index is -0.394. The second-order valence-corrected chi connectivity index (χ2v) is 4.26. The van der Waals surface area contributed by atoms with Gasteiger partial charge in [0.15, 0.2) is 0 Å². The van der Waals surface area contributed by atoms with E-state index in [0.717, 1.165) is 11.1 Å². The number of carbonyl (C=O) groups is 1. The summed E-state index contributed by atoms with van der Waals surface area (Å²) in [6.45, 7) is 0.332. The number of aromatic nitrogens is 2. The molecule has 98 valence electrons. The third kappa shape index (κ3) is 2.75. The molecule has 20 heavy (non-hydrogen) atoms. The molecule has 0 radical (unpaired) electrons. The lowest BCUT2D eigenvalue weighted by atomic mass is 10.1. The minimum Gasteiger partial charge on any atom is -0.447 e. The molecule has 0 bridgehead atoms. The summed E-state index contributed by atoms with van der Waals surface area (Å²) in [6.07, 6.45) is 4.68. The lowest BCUT2D eigenvalue weighted by molar-refractivity contribution is 0.177. The molecule has 5 nitrogen and oxygen atoms in total. The number of hydrogen-bond acceptors (Lipinski definition) is 4. The zero-order valence-electron chi connectivity index (χ0n) is 10.5. The van der Waals surface area contributed by atoms with Crippen LogP contribution in [0, 0.1) is 11.8 Å². The molecule has 1 saturated heterocycles. The van der Waals surface area contributed by atoms with Gasteiger partial charge in [-0.05, 0) is 35.7 Å². The lowest BCUT2D eigenvalue weighted by Crippen LogP contribution is -2.18. The van der Waals surface area contributed by atoms with E-state index < -0.39 is 6.09 Å². The Morgan fingerprint density at radius 1 is 1.30 bits per heavy atom. The molecule has 1 aliphatic heterocycles. The van der Waals surface area contributed by atoms with Crippen LogP contribution in [0.3, 0.4) is 0 Å². The van der Waals surface area contributed by atoms with Crippen LogP contribution in [0.4, 0.5) is 4.79 Å². The Labute approximate surface area is 116 Å². The van der Waals surface area contributed by atoms with Crippen LogP contribution in [0.5, 0.6) is 0 Å². The van der Waals surface area contributed by atoms with Crippen LogP contribution >= 0.6 is 0 Å². The molecule has 3 heterocycles. The van der Waals surface area contributed by atoms with Crippen molar-refractivity contribution < 1.29 is 9.53 Å². The highest BCUT2D eigenvalue weighted by Crippen LogP contribution is 2.17. The molecule has 1 atom stereocenters. The summed E-state index contributed by atoms with van der Waals surface area (Å²) in [5.41, 5.74) is 2.41. The summed E-state index contributed by atoms with van der Waals surface area (Å²) in [6, 6.07) is 7.27. The topological polar surface area (TPSA) is 64.1 Å². The van der Waals surface area contributed by atoms with Gasteiger partial charge in [-0.15, -0.1) is 0 Å².